The Labute approximate surface area is 243 Å². The molecule has 0 saturated heterocycles. The van der Waals surface area contributed by atoms with Crippen LogP contribution in [0.2, 0.25) is 0 Å². The largest absolute Gasteiger partial charge is 0.505 e. The van der Waals surface area contributed by atoms with Gasteiger partial charge in [-0.2, -0.15) is 0 Å². The number of fused-ring (bicyclic) bond motifs is 2. The van der Waals surface area contributed by atoms with Crippen molar-refractivity contribution >= 4 is 33.1 Å². The van der Waals surface area contributed by atoms with Gasteiger partial charge >= 0.3 is 0 Å². The molecule has 0 spiro atoms. The minimum absolute atomic E-state index is 0.115. The Morgan fingerprint density at radius 1 is 0.690 bits per heavy atom. The van der Waals surface area contributed by atoms with Gasteiger partial charge in [0.15, 0.2) is 11.5 Å². The van der Waals surface area contributed by atoms with Crippen LogP contribution in [0.15, 0.2) is 108 Å². The summed E-state index contributed by atoms with van der Waals surface area (Å²) in [5, 5.41) is 23.9. The van der Waals surface area contributed by atoms with Crippen LogP contribution >= 0.6 is 0 Å². The van der Waals surface area contributed by atoms with E-state index in [2.05, 4.69) is 47.9 Å². The number of nitrogens with zero attached hydrogens (tertiary/aromatic N) is 3. The second-order valence-electron chi connectivity index (χ2n) is 10.7. The van der Waals surface area contributed by atoms with Gasteiger partial charge in [-0.25, -0.2) is 4.99 Å². The number of aryl methyl sites for hydroxylation is 3. The van der Waals surface area contributed by atoms with E-state index >= 15 is 0 Å². The third kappa shape index (κ3) is 4.16. The first-order valence-corrected chi connectivity index (χ1v) is 13.8. The maximum absolute atomic E-state index is 11.1. The van der Waals surface area contributed by atoms with Gasteiger partial charge < -0.3 is 15.2 Å². The van der Waals surface area contributed by atoms with E-state index < -0.39 is 0 Å². The SMILES string of the molecule is Cc1cc(C)c(/C(=C2\C=CC(c3ccc4cccnc4c3O)=N2)c2ccc(-c3ccc4cccnc4c3O)[nH]2)c(C)c1. The third-order valence-electron chi connectivity index (χ3n) is 7.84. The number of phenols is 2. The summed E-state index contributed by atoms with van der Waals surface area (Å²) in [6.07, 6.45) is 7.28. The molecule has 0 unspecified atom stereocenters. The molecule has 6 aromatic rings. The molecule has 204 valence electrons. The van der Waals surface area contributed by atoms with Gasteiger partial charge in [0.25, 0.3) is 0 Å². The molecule has 0 atom stereocenters. The van der Waals surface area contributed by atoms with Crippen molar-refractivity contribution in [2.75, 3.05) is 0 Å². The molecular formula is C36H28N4O2. The van der Waals surface area contributed by atoms with Crippen molar-refractivity contribution in [2.45, 2.75) is 20.8 Å². The van der Waals surface area contributed by atoms with Crippen LogP contribution < -0.4 is 0 Å². The van der Waals surface area contributed by atoms with Crippen LogP contribution in [0.5, 0.6) is 11.5 Å². The van der Waals surface area contributed by atoms with E-state index in [0.717, 1.165) is 50.1 Å². The highest BCUT2D eigenvalue weighted by Crippen LogP contribution is 2.39. The summed E-state index contributed by atoms with van der Waals surface area (Å²) in [6.45, 7) is 6.33. The lowest BCUT2D eigenvalue weighted by atomic mass is 9.91. The lowest BCUT2D eigenvalue weighted by Crippen LogP contribution is -2.00. The maximum atomic E-state index is 11.1. The summed E-state index contributed by atoms with van der Waals surface area (Å²) in [4.78, 5) is 17.4. The molecular weight excluding hydrogens is 520 g/mol. The van der Waals surface area contributed by atoms with Crippen molar-refractivity contribution in [1.29, 1.82) is 0 Å². The smallest absolute Gasteiger partial charge is 0.151 e. The van der Waals surface area contributed by atoms with Crippen LogP contribution in [0.4, 0.5) is 0 Å². The molecule has 0 saturated carbocycles. The molecule has 0 bridgehead atoms. The van der Waals surface area contributed by atoms with E-state index in [0.29, 0.717) is 27.9 Å². The first-order chi connectivity index (χ1) is 20.4. The number of phenolic OH excluding ortho intramolecular Hbond substituents is 2. The number of rotatable bonds is 4. The number of aromatic nitrogens is 3. The van der Waals surface area contributed by atoms with Crippen molar-refractivity contribution in [3.63, 3.8) is 0 Å². The second kappa shape index (κ2) is 9.85. The average molecular weight is 549 g/mol. The predicted molar refractivity (Wildman–Crippen MR) is 169 cm³/mol. The number of pyridine rings is 2. The highest BCUT2D eigenvalue weighted by atomic mass is 16.3. The highest BCUT2D eigenvalue weighted by Gasteiger charge is 2.22. The number of hydrogen-bond acceptors (Lipinski definition) is 5. The molecule has 0 aliphatic carbocycles. The summed E-state index contributed by atoms with van der Waals surface area (Å²) >= 11 is 0. The number of aliphatic imine (C=N–C) groups is 1. The molecule has 7 rings (SSSR count). The van der Waals surface area contributed by atoms with E-state index in [1.165, 1.54) is 5.56 Å². The Kier molecular flexibility index (Phi) is 5.98. The summed E-state index contributed by atoms with van der Waals surface area (Å²) < 4.78 is 0. The monoisotopic (exact) mass is 548 g/mol. The van der Waals surface area contributed by atoms with Gasteiger partial charge in [0, 0.05) is 51.3 Å². The Morgan fingerprint density at radius 2 is 1.31 bits per heavy atom. The van der Waals surface area contributed by atoms with Gasteiger partial charge in [-0.15, -0.1) is 0 Å². The van der Waals surface area contributed by atoms with E-state index in [-0.39, 0.29) is 11.5 Å². The number of benzene rings is 3. The zero-order valence-electron chi connectivity index (χ0n) is 23.5. The van der Waals surface area contributed by atoms with Gasteiger partial charge in [0.1, 0.15) is 11.0 Å². The van der Waals surface area contributed by atoms with Crippen molar-refractivity contribution in [3.8, 4) is 22.8 Å². The molecule has 6 nitrogen and oxygen atoms in total. The third-order valence-corrected chi connectivity index (χ3v) is 7.84. The fraction of sp³-hybridized carbons (Fsp3) is 0.0833. The lowest BCUT2D eigenvalue weighted by molar-refractivity contribution is 0.479. The molecule has 4 heterocycles. The Morgan fingerprint density at radius 3 is 1.98 bits per heavy atom. The Balaban J connectivity index is 1.41. The standard InChI is InChI=1S/C36H28N4O2/c1-20-18-21(2)31(22(3)19-20)32(29-14-12-27(39-29)25-10-8-23-6-4-16-37-33(23)35(25)41)30-15-13-28(40-30)26-11-9-24-7-5-17-38-34(24)36(26)42/h4-19,39,41-42H,1-3H3/b32-30+. The number of aromatic amines is 1. The van der Waals surface area contributed by atoms with Crippen LogP contribution in [0, 0.1) is 20.8 Å². The fourth-order valence-corrected chi connectivity index (χ4v) is 6.01. The van der Waals surface area contributed by atoms with Crippen LogP contribution in [0.1, 0.15) is 33.5 Å². The normalized spacial score (nSPS) is 14.1. The minimum atomic E-state index is 0.115. The summed E-state index contributed by atoms with van der Waals surface area (Å²) in [5.74, 6) is 0.254. The summed E-state index contributed by atoms with van der Waals surface area (Å²) in [7, 11) is 0. The minimum Gasteiger partial charge on any atom is -0.505 e. The van der Waals surface area contributed by atoms with Crippen LogP contribution in [0.3, 0.4) is 0 Å². The maximum Gasteiger partial charge on any atom is 0.151 e. The van der Waals surface area contributed by atoms with E-state index in [1.807, 2.05) is 72.8 Å². The number of allylic oxidation sites excluding steroid dienone is 2. The fourth-order valence-electron chi connectivity index (χ4n) is 6.01. The van der Waals surface area contributed by atoms with E-state index in [4.69, 9.17) is 4.99 Å². The second-order valence-corrected chi connectivity index (χ2v) is 10.7. The number of nitrogens with one attached hydrogen (secondary N) is 1. The van der Waals surface area contributed by atoms with Crippen molar-refractivity contribution in [1.82, 2.24) is 15.0 Å². The summed E-state index contributed by atoms with van der Waals surface area (Å²) in [5.41, 5.74) is 11.0. The van der Waals surface area contributed by atoms with Crippen LogP contribution in [-0.2, 0) is 0 Å². The molecule has 0 radical (unpaired) electrons. The van der Waals surface area contributed by atoms with Gasteiger partial charge in [-0.1, -0.05) is 42.0 Å². The molecule has 6 heteroatoms. The topological polar surface area (TPSA) is 94.4 Å². The summed E-state index contributed by atoms with van der Waals surface area (Å²) in [6, 6.07) is 23.6. The predicted octanol–water partition coefficient (Wildman–Crippen LogP) is 7.93. The van der Waals surface area contributed by atoms with Gasteiger partial charge in [-0.3, -0.25) is 9.97 Å². The molecule has 0 fully saturated rings. The number of H-pyrrole nitrogens is 1. The molecule has 3 N–H and O–H groups in total. The molecule has 42 heavy (non-hydrogen) atoms. The molecule has 1 aliphatic heterocycles. The number of hydrogen-bond donors (Lipinski definition) is 3. The van der Waals surface area contributed by atoms with Crippen LogP contribution in [0.25, 0.3) is 38.6 Å². The van der Waals surface area contributed by atoms with Crippen molar-refractivity contribution in [2.24, 2.45) is 4.99 Å². The quantitative estimate of drug-likeness (QED) is 0.208. The first kappa shape index (κ1) is 25.5. The zero-order chi connectivity index (χ0) is 29.0. The molecule has 0 amide bonds. The zero-order valence-corrected chi connectivity index (χ0v) is 23.5. The Hall–Kier alpha value is -5.49. The van der Waals surface area contributed by atoms with Crippen molar-refractivity contribution < 1.29 is 10.2 Å². The molecule has 3 aromatic carbocycles. The first-order valence-electron chi connectivity index (χ1n) is 13.8. The van der Waals surface area contributed by atoms with Gasteiger partial charge in [0.2, 0.25) is 0 Å². The van der Waals surface area contributed by atoms with E-state index in [9.17, 15) is 10.2 Å². The highest BCUT2D eigenvalue weighted by molar-refractivity contribution is 6.15. The van der Waals surface area contributed by atoms with Crippen LogP contribution in [-0.4, -0.2) is 30.9 Å². The number of aromatic hydroxyl groups is 2. The lowest BCUT2D eigenvalue weighted by Gasteiger charge is -2.16. The Bertz CT molecular complexity index is 2130. The average Bonchev–Trinajstić information content (AvgIpc) is 3.66. The van der Waals surface area contributed by atoms with Gasteiger partial charge in [-0.05, 0) is 86.0 Å². The molecule has 1 aliphatic rings. The van der Waals surface area contributed by atoms with E-state index in [1.54, 1.807) is 12.4 Å². The molecule has 3 aromatic heterocycles. The van der Waals surface area contributed by atoms with Gasteiger partial charge in [0.05, 0.1) is 11.4 Å². The van der Waals surface area contributed by atoms with Crippen molar-refractivity contribution in [3.05, 3.63) is 137 Å².